The molecule has 108 valence electrons. The highest BCUT2D eigenvalue weighted by molar-refractivity contribution is 9.13. The SMILES string of the molecule is CCCN1C(=O)CC(C(=O)O)C1c1ccc(Br)c(Br)c1. The van der Waals surface area contributed by atoms with Crippen LogP contribution in [0.4, 0.5) is 0 Å². The minimum atomic E-state index is -0.916. The molecule has 0 saturated carbocycles. The lowest BCUT2D eigenvalue weighted by atomic mass is 9.94. The van der Waals surface area contributed by atoms with Gasteiger partial charge in [-0.1, -0.05) is 13.0 Å². The number of nitrogens with zero attached hydrogens (tertiary/aromatic N) is 1. The summed E-state index contributed by atoms with van der Waals surface area (Å²) in [7, 11) is 0. The van der Waals surface area contributed by atoms with Gasteiger partial charge in [0.25, 0.3) is 0 Å². The minimum Gasteiger partial charge on any atom is -0.481 e. The summed E-state index contributed by atoms with van der Waals surface area (Å²) in [5.74, 6) is -1.67. The molecule has 6 heteroatoms. The number of carboxylic acids is 1. The van der Waals surface area contributed by atoms with Gasteiger partial charge in [0.05, 0.1) is 12.0 Å². The standard InChI is InChI=1S/C14H15Br2NO3/c1-2-5-17-12(18)7-9(14(19)20)13(17)8-3-4-10(15)11(16)6-8/h3-4,6,9,13H,2,5,7H2,1H3,(H,19,20). The number of rotatable bonds is 4. The minimum absolute atomic E-state index is 0.0771. The van der Waals surface area contributed by atoms with E-state index in [1.54, 1.807) is 4.90 Å². The van der Waals surface area contributed by atoms with Gasteiger partial charge in [0, 0.05) is 21.9 Å². The number of amides is 1. The highest BCUT2D eigenvalue weighted by Crippen LogP contribution is 2.40. The van der Waals surface area contributed by atoms with Gasteiger partial charge in [0.2, 0.25) is 5.91 Å². The number of carbonyl (C=O) groups excluding carboxylic acids is 1. The van der Waals surface area contributed by atoms with Gasteiger partial charge in [0.1, 0.15) is 0 Å². The van der Waals surface area contributed by atoms with Crippen molar-refractivity contribution < 1.29 is 14.7 Å². The average Bonchev–Trinajstić information content (AvgIpc) is 2.71. The van der Waals surface area contributed by atoms with Crippen LogP contribution in [-0.4, -0.2) is 28.4 Å². The van der Waals surface area contributed by atoms with Gasteiger partial charge < -0.3 is 10.0 Å². The number of likely N-dealkylation sites (tertiary alicyclic amines) is 1. The molecule has 0 spiro atoms. The van der Waals surface area contributed by atoms with E-state index >= 15 is 0 Å². The Balaban J connectivity index is 2.43. The zero-order chi connectivity index (χ0) is 14.9. The lowest BCUT2D eigenvalue weighted by molar-refractivity contribution is -0.142. The fourth-order valence-electron chi connectivity index (χ4n) is 2.63. The lowest BCUT2D eigenvalue weighted by Crippen LogP contribution is -2.31. The maximum Gasteiger partial charge on any atom is 0.309 e. The van der Waals surface area contributed by atoms with E-state index in [1.165, 1.54) is 0 Å². The second kappa shape index (κ2) is 6.26. The summed E-state index contributed by atoms with van der Waals surface area (Å²) in [6.07, 6.45) is 0.889. The molecule has 20 heavy (non-hydrogen) atoms. The van der Waals surface area contributed by atoms with Gasteiger partial charge in [-0.25, -0.2) is 0 Å². The molecule has 4 nitrogen and oxygen atoms in total. The third-order valence-corrected chi connectivity index (χ3v) is 5.38. The topological polar surface area (TPSA) is 57.6 Å². The van der Waals surface area contributed by atoms with Crippen LogP contribution in [0.25, 0.3) is 0 Å². The van der Waals surface area contributed by atoms with E-state index in [0.29, 0.717) is 6.54 Å². The first-order valence-corrected chi connectivity index (χ1v) is 8.01. The smallest absolute Gasteiger partial charge is 0.309 e. The van der Waals surface area contributed by atoms with Crippen molar-refractivity contribution >= 4 is 43.7 Å². The van der Waals surface area contributed by atoms with Crippen LogP contribution in [-0.2, 0) is 9.59 Å². The first-order chi connectivity index (χ1) is 9.45. The normalized spacial score (nSPS) is 22.4. The van der Waals surface area contributed by atoms with Gasteiger partial charge in [0.15, 0.2) is 0 Å². The number of halogens is 2. The summed E-state index contributed by atoms with van der Waals surface area (Å²) in [6, 6.07) is 5.23. The first-order valence-electron chi connectivity index (χ1n) is 6.43. The maximum atomic E-state index is 12.1. The Kier molecular flexibility index (Phi) is 4.86. The van der Waals surface area contributed by atoms with Gasteiger partial charge in [-0.3, -0.25) is 9.59 Å². The Morgan fingerprint density at radius 2 is 2.10 bits per heavy atom. The van der Waals surface area contributed by atoms with Crippen LogP contribution in [0.15, 0.2) is 27.1 Å². The van der Waals surface area contributed by atoms with Crippen molar-refractivity contribution in [2.24, 2.45) is 5.92 Å². The quantitative estimate of drug-likeness (QED) is 0.833. The summed E-state index contributed by atoms with van der Waals surface area (Å²) in [6.45, 7) is 2.57. The third kappa shape index (κ3) is 2.91. The van der Waals surface area contributed by atoms with E-state index in [4.69, 9.17) is 0 Å². The fourth-order valence-corrected chi connectivity index (χ4v) is 3.27. The highest BCUT2D eigenvalue weighted by atomic mass is 79.9. The molecule has 1 heterocycles. The molecule has 1 amide bonds. The summed E-state index contributed by atoms with van der Waals surface area (Å²) in [5, 5.41) is 9.37. The lowest BCUT2D eigenvalue weighted by Gasteiger charge is -2.27. The van der Waals surface area contributed by atoms with Crippen LogP contribution in [0, 0.1) is 5.92 Å². The number of carbonyl (C=O) groups is 2. The maximum absolute atomic E-state index is 12.1. The zero-order valence-electron chi connectivity index (χ0n) is 11.0. The molecule has 1 saturated heterocycles. The van der Waals surface area contributed by atoms with Crippen molar-refractivity contribution in [3.8, 4) is 0 Å². The molecule has 0 bridgehead atoms. The molecule has 1 aliphatic heterocycles. The Morgan fingerprint density at radius 1 is 1.40 bits per heavy atom. The average molecular weight is 405 g/mol. The van der Waals surface area contributed by atoms with Crippen molar-refractivity contribution in [2.75, 3.05) is 6.54 Å². The molecule has 2 rings (SSSR count). The molecule has 0 aromatic heterocycles. The van der Waals surface area contributed by atoms with Gasteiger partial charge in [-0.05, 0) is 56.0 Å². The van der Waals surface area contributed by atoms with Crippen LogP contribution >= 0.6 is 31.9 Å². The summed E-state index contributed by atoms with van der Waals surface area (Å²) in [4.78, 5) is 25.2. The largest absolute Gasteiger partial charge is 0.481 e. The van der Waals surface area contributed by atoms with Crippen LogP contribution in [0.2, 0.25) is 0 Å². The number of hydrogen-bond acceptors (Lipinski definition) is 2. The van der Waals surface area contributed by atoms with Gasteiger partial charge in [-0.2, -0.15) is 0 Å². The van der Waals surface area contributed by atoms with E-state index in [-0.39, 0.29) is 18.4 Å². The van der Waals surface area contributed by atoms with Crippen molar-refractivity contribution in [1.29, 1.82) is 0 Å². The molecule has 2 atom stereocenters. The van der Waals surface area contributed by atoms with Crippen LogP contribution in [0.1, 0.15) is 31.4 Å². The summed E-state index contributed by atoms with van der Waals surface area (Å²) < 4.78 is 1.76. The number of hydrogen-bond donors (Lipinski definition) is 1. The van der Waals surface area contributed by atoms with Crippen molar-refractivity contribution in [3.05, 3.63) is 32.7 Å². The van der Waals surface area contributed by atoms with Crippen molar-refractivity contribution in [2.45, 2.75) is 25.8 Å². The third-order valence-electron chi connectivity index (χ3n) is 3.50. The Bertz CT molecular complexity index is 547. The molecular formula is C14H15Br2NO3. The molecule has 2 unspecified atom stereocenters. The zero-order valence-corrected chi connectivity index (χ0v) is 14.1. The van der Waals surface area contributed by atoms with E-state index in [1.807, 2.05) is 25.1 Å². The molecule has 0 radical (unpaired) electrons. The summed E-state index contributed by atoms with van der Waals surface area (Å²) in [5.41, 5.74) is 0.853. The molecule has 1 fully saturated rings. The van der Waals surface area contributed by atoms with E-state index in [2.05, 4.69) is 31.9 Å². The Hall–Kier alpha value is -0.880. The molecule has 1 aromatic rings. The Labute approximate surface area is 134 Å². The van der Waals surface area contributed by atoms with E-state index < -0.39 is 11.9 Å². The van der Waals surface area contributed by atoms with Crippen LogP contribution in [0.3, 0.4) is 0 Å². The van der Waals surface area contributed by atoms with Crippen LogP contribution < -0.4 is 0 Å². The molecule has 1 aliphatic rings. The van der Waals surface area contributed by atoms with Crippen LogP contribution in [0.5, 0.6) is 0 Å². The molecule has 1 N–H and O–H groups in total. The van der Waals surface area contributed by atoms with Crippen molar-refractivity contribution in [1.82, 2.24) is 4.90 Å². The van der Waals surface area contributed by atoms with E-state index in [0.717, 1.165) is 20.9 Å². The first kappa shape index (κ1) is 15.5. The molecule has 0 aliphatic carbocycles. The van der Waals surface area contributed by atoms with E-state index in [9.17, 15) is 14.7 Å². The number of benzene rings is 1. The van der Waals surface area contributed by atoms with Crippen molar-refractivity contribution in [3.63, 3.8) is 0 Å². The monoisotopic (exact) mass is 403 g/mol. The predicted molar refractivity (Wildman–Crippen MR) is 82.3 cm³/mol. The second-order valence-electron chi connectivity index (χ2n) is 4.85. The summed E-state index contributed by atoms with van der Waals surface area (Å²) >= 11 is 6.82. The Morgan fingerprint density at radius 3 is 2.65 bits per heavy atom. The van der Waals surface area contributed by atoms with Gasteiger partial charge >= 0.3 is 5.97 Å². The number of carboxylic acid groups (broad SMARTS) is 1. The molecule has 1 aromatic carbocycles. The molecular weight excluding hydrogens is 390 g/mol. The fraction of sp³-hybridized carbons (Fsp3) is 0.429. The van der Waals surface area contributed by atoms with Gasteiger partial charge in [-0.15, -0.1) is 0 Å². The number of aliphatic carboxylic acids is 1. The second-order valence-corrected chi connectivity index (χ2v) is 6.56. The predicted octanol–water partition coefficient (Wildman–Crippen LogP) is 3.60. The highest BCUT2D eigenvalue weighted by Gasteiger charge is 2.44.